The standard InChI is InChI=1S/C20H24N2O3/c1-15(2)13-22(16(3)23)14-20(24)21-18-11-7-8-12-19(18)25-17-9-5-4-6-10-17/h4-12,15H,13-14H2,1-3H3,(H,21,24). The third-order valence-corrected chi connectivity index (χ3v) is 3.50. The van der Waals surface area contributed by atoms with Gasteiger partial charge < -0.3 is 15.0 Å². The third kappa shape index (κ3) is 5.95. The Kier molecular flexibility index (Phi) is 6.57. The lowest BCUT2D eigenvalue weighted by Crippen LogP contribution is -2.38. The molecule has 0 aliphatic carbocycles. The van der Waals surface area contributed by atoms with Crippen molar-refractivity contribution in [3.8, 4) is 11.5 Å². The van der Waals surface area contributed by atoms with Crippen LogP contribution in [0.3, 0.4) is 0 Å². The highest BCUT2D eigenvalue weighted by atomic mass is 16.5. The van der Waals surface area contributed by atoms with Crippen molar-refractivity contribution in [1.82, 2.24) is 4.90 Å². The first-order valence-corrected chi connectivity index (χ1v) is 8.33. The van der Waals surface area contributed by atoms with Crippen molar-refractivity contribution in [1.29, 1.82) is 0 Å². The Morgan fingerprint density at radius 1 is 1.04 bits per heavy atom. The molecule has 2 amide bonds. The van der Waals surface area contributed by atoms with Gasteiger partial charge in [0.2, 0.25) is 11.8 Å². The zero-order chi connectivity index (χ0) is 18.2. The lowest BCUT2D eigenvalue weighted by Gasteiger charge is -2.22. The maximum absolute atomic E-state index is 12.4. The van der Waals surface area contributed by atoms with Crippen molar-refractivity contribution in [2.24, 2.45) is 5.92 Å². The average Bonchev–Trinajstić information content (AvgIpc) is 2.56. The number of hydrogen-bond donors (Lipinski definition) is 1. The molecule has 0 atom stereocenters. The molecule has 0 saturated carbocycles. The molecule has 0 aliphatic rings. The largest absolute Gasteiger partial charge is 0.455 e. The van der Waals surface area contributed by atoms with Crippen LogP contribution in [0.5, 0.6) is 11.5 Å². The van der Waals surface area contributed by atoms with E-state index in [1.54, 1.807) is 17.0 Å². The molecule has 0 bridgehead atoms. The van der Waals surface area contributed by atoms with Crippen LogP contribution < -0.4 is 10.1 Å². The molecule has 2 rings (SSSR count). The van der Waals surface area contributed by atoms with Crippen molar-refractivity contribution in [3.05, 3.63) is 54.6 Å². The minimum atomic E-state index is -0.250. The maximum Gasteiger partial charge on any atom is 0.244 e. The highest BCUT2D eigenvalue weighted by Gasteiger charge is 2.16. The fraction of sp³-hybridized carbons (Fsp3) is 0.300. The first-order valence-electron chi connectivity index (χ1n) is 8.33. The molecule has 2 aromatic rings. The molecule has 25 heavy (non-hydrogen) atoms. The molecule has 132 valence electrons. The van der Waals surface area contributed by atoms with Crippen LogP contribution in [0.2, 0.25) is 0 Å². The van der Waals surface area contributed by atoms with Crippen LogP contribution in [-0.2, 0) is 9.59 Å². The van der Waals surface area contributed by atoms with Crippen LogP contribution >= 0.6 is 0 Å². The number of nitrogens with zero attached hydrogens (tertiary/aromatic N) is 1. The summed E-state index contributed by atoms with van der Waals surface area (Å²) >= 11 is 0. The number of nitrogens with one attached hydrogen (secondary N) is 1. The zero-order valence-electron chi connectivity index (χ0n) is 14.9. The summed E-state index contributed by atoms with van der Waals surface area (Å²) in [6.45, 7) is 6.06. The molecule has 0 aliphatic heterocycles. The van der Waals surface area contributed by atoms with Gasteiger partial charge >= 0.3 is 0 Å². The van der Waals surface area contributed by atoms with E-state index in [1.165, 1.54) is 6.92 Å². The van der Waals surface area contributed by atoms with Crippen LogP contribution in [0.25, 0.3) is 0 Å². The molecule has 0 radical (unpaired) electrons. The number of anilines is 1. The van der Waals surface area contributed by atoms with Gasteiger partial charge in [-0.05, 0) is 30.2 Å². The summed E-state index contributed by atoms with van der Waals surface area (Å²) in [7, 11) is 0. The molecule has 1 N–H and O–H groups in total. The van der Waals surface area contributed by atoms with E-state index in [0.29, 0.717) is 29.6 Å². The Morgan fingerprint density at radius 3 is 2.32 bits per heavy atom. The fourth-order valence-corrected chi connectivity index (χ4v) is 2.38. The Bertz CT molecular complexity index is 714. The number of benzene rings is 2. The number of carbonyl (C=O) groups is 2. The number of ether oxygens (including phenoxy) is 1. The number of para-hydroxylation sites is 3. The summed E-state index contributed by atoms with van der Waals surface area (Å²) in [6, 6.07) is 16.6. The summed E-state index contributed by atoms with van der Waals surface area (Å²) in [5, 5.41) is 2.83. The minimum Gasteiger partial charge on any atom is -0.455 e. The fourth-order valence-electron chi connectivity index (χ4n) is 2.38. The van der Waals surface area contributed by atoms with E-state index >= 15 is 0 Å². The van der Waals surface area contributed by atoms with Gasteiger partial charge in [0.1, 0.15) is 5.75 Å². The van der Waals surface area contributed by atoms with Gasteiger partial charge in [-0.2, -0.15) is 0 Å². The quantitative estimate of drug-likeness (QED) is 0.831. The highest BCUT2D eigenvalue weighted by Crippen LogP contribution is 2.29. The van der Waals surface area contributed by atoms with Crippen LogP contribution in [-0.4, -0.2) is 29.8 Å². The Labute approximate surface area is 148 Å². The van der Waals surface area contributed by atoms with E-state index in [1.807, 2.05) is 56.3 Å². The molecule has 0 saturated heterocycles. The summed E-state index contributed by atoms with van der Waals surface area (Å²) in [4.78, 5) is 25.6. The molecule has 5 heteroatoms. The van der Waals surface area contributed by atoms with Gasteiger partial charge in [-0.3, -0.25) is 9.59 Å². The van der Waals surface area contributed by atoms with Crippen molar-refractivity contribution in [2.75, 3.05) is 18.4 Å². The van der Waals surface area contributed by atoms with Crippen molar-refractivity contribution in [2.45, 2.75) is 20.8 Å². The minimum absolute atomic E-state index is 0.0210. The maximum atomic E-state index is 12.4. The Hall–Kier alpha value is -2.82. The summed E-state index contributed by atoms with van der Waals surface area (Å²) in [5.41, 5.74) is 0.574. The van der Waals surface area contributed by atoms with E-state index in [0.717, 1.165) is 0 Å². The summed E-state index contributed by atoms with van der Waals surface area (Å²) in [6.07, 6.45) is 0. The molecule has 0 heterocycles. The van der Waals surface area contributed by atoms with E-state index < -0.39 is 0 Å². The Balaban J connectivity index is 2.06. The van der Waals surface area contributed by atoms with Gasteiger partial charge in [0.15, 0.2) is 5.75 Å². The van der Waals surface area contributed by atoms with Crippen LogP contribution in [0.1, 0.15) is 20.8 Å². The van der Waals surface area contributed by atoms with Crippen molar-refractivity contribution >= 4 is 17.5 Å². The molecule has 0 spiro atoms. The smallest absolute Gasteiger partial charge is 0.244 e. The van der Waals surface area contributed by atoms with Gasteiger partial charge in [0.25, 0.3) is 0 Å². The van der Waals surface area contributed by atoms with Gasteiger partial charge in [0, 0.05) is 13.5 Å². The molecular weight excluding hydrogens is 316 g/mol. The lowest BCUT2D eigenvalue weighted by atomic mass is 10.2. The molecule has 0 fully saturated rings. The van der Waals surface area contributed by atoms with Crippen LogP contribution in [0, 0.1) is 5.92 Å². The first-order chi connectivity index (χ1) is 12.0. The third-order valence-electron chi connectivity index (χ3n) is 3.50. The monoisotopic (exact) mass is 340 g/mol. The highest BCUT2D eigenvalue weighted by molar-refractivity contribution is 5.95. The van der Waals surface area contributed by atoms with Gasteiger partial charge in [-0.15, -0.1) is 0 Å². The van der Waals surface area contributed by atoms with Crippen LogP contribution in [0.4, 0.5) is 5.69 Å². The van der Waals surface area contributed by atoms with Gasteiger partial charge in [0.05, 0.1) is 12.2 Å². The first kappa shape index (κ1) is 18.5. The number of hydrogen-bond acceptors (Lipinski definition) is 3. The van der Waals surface area contributed by atoms with Gasteiger partial charge in [-0.1, -0.05) is 44.2 Å². The molecule has 0 unspecified atom stereocenters. The van der Waals surface area contributed by atoms with E-state index in [-0.39, 0.29) is 18.4 Å². The Morgan fingerprint density at radius 2 is 1.68 bits per heavy atom. The molecular formula is C20H24N2O3. The van der Waals surface area contributed by atoms with E-state index in [9.17, 15) is 9.59 Å². The van der Waals surface area contributed by atoms with Crippen molar-refractivity contribution < 1.29 is 14.3 Å². The predicted molar refractivity (Wildman–Crippen MR) is 98.7 cm³/mol. The predicted octanol–water partition coefficient (Wildman–Crippen LogP) is 3.92. The second-order valence-electron chi connectivity index (χ2n) is 6.25. The number of rotatable bonds is 7. The normalized spacial score (nSPS) is 10.4. The van der Waals surface area contributed by atoms with E-state index in [4.69, 9.17) is 4.74 Å². The SMILES string of the molecule is CC(=O)N(CC(=O)Nc1ccccc1Oc1ccccc1)CC(C)C. The zero-order valence-corrected chi connectivity index (χ0v) is 14.9. The van der Waals surface area contributed by atoms with E-state index in [2.05, 4.69) is 5.32 Å². The summed E-state index contributed by atoms with van der Waals surface area (Å²) in [5.74, 6) is 1.18. The van der Waals surface area contributed by atoms with Gasteiger partial charge in [-0.25, -0.2) is 0 Å². The summed E-state index contributed by atoms with van der Waals surface area (Å²) < 4.78 is 5.83. The number of amides is 2. The molecule has 2 aromatic carbocycles. The number of carbonyl (C=O) groups excluding carboxylic acids is 2. The average molecular weight is 340 g/mol. The van der Waals surface area contributed by atoms with Crippen molar-refractivity contribution in [3.63, 3.8) is 0 Å². The lowest BCUT2D eigenvalue weighted by molar-refractivity contribution is -0.133. The second kappa shape index (κ2) is 8.87. The topological polar surface area (TPSA) is 58.6 Å². The molecule has 0 aromatic heterocycles. The second-order valence-corrected chi connectivity index (χ2v) is 6.25. The van der Waals surface area contributed by atoms with Crippen LogP contribution in [0.15, 0.2) is 54.6 Å². The molecule has 5 nitrogen and oxygen atoms in total.